The lowest BCUT2D eigenvalue weighted by atomic mass is 10.2. The van der Waals surface area contributed by atoms with Crippen LogP contribution in [-0.2, 0) is 14.3 Å². The van der Waals surface area contributed by atoms with Gasteiger partial charge in [0.2, 0.25) is 0 Å². The lowest BCUT2D eigenvalue weighted by Crippen LogP contribution is -2.18. The minimum absolute atomic E-state index is 0.0664. The van der Waals surface area contributed by atoms with Crippen molar-refractivity contribution in [3.8, 4) is 0 Å². The van der Waals surface area contributed by atoms with Gasteiger partial charge in [-0.05, 0) is 58.0 Å². The van der Waals surface area contributed by atoms with Crippen molar-refractivity contribution < 1.29 is 14.3 Å². The SMILES string of the molecule is CCOC(=O)CCCCCNCCCOCC1CC1. The summed E-state index contributed by atoms with van der Waals surface area (Å²) in [5.74, 6) is 0.802. The van der Waals surface area contributed by atoms with E-state index in [0.29, 0.717) is 13.0 Å². The van der Waals surface area contributed by atoms with Crippen LogP contribution in [0.2, 0.25) is 0 Å². The number of nitrogens with one attached hydrogen (secondary N) is 1. The molecule has 0 spiro atoms. The van der Waals surface area contributed by atoms with Gasteiger partial charge in [-0.2, -0.15) is 0 Å². The van der Waals surface area contributed by atoms with Crippen molar-refractivity contribution in [2.75, 3.05) is 32.9 Å². The molecule has 0 aliphatic heterocycles. The van der Waals surface area contributed by atoms with Crippen LogP contribution in [0, 0.1) is 5.92 Å². The molecule has 1 rings (SSSR count). The summed E-state index contributed by atoms with van der Waals surface area (Å²) < 4.78 is 10.4. The molecule has 0 aromatic rings. The lowest BCUT2D eigenvalue weighted by Gasteiger charge is -2.05. The highest BCUT2D eigenvalue weighted by Crippen LogP contribution is 2.28. The third kappa shape index (κ3) is 11.0. The molecule has 1 aliphatic rings. The smallest absolute Gasteiger partial charge is 0.305 e. The molecule has 0 unspecified atom stereocenters. The first-order valence-corrected chi connectivity index (χ1v) is 7.77. The van der Waals surface area contributed by atoms with Crippen molar-refractivity contribution in [3.05, 3.63) is 0 Å². The number of carbonyl (C=O) groups excluding carboxylic acids is 1. The predicted molar refractivity (Wildman–Crippen MR) is 76.1 cm³/mol. The lowest BCUT2D eigenvalue weighted by molar-refractivity contribution is -0.143. The standard InChI is InChI=1S/C15H29NO3/c1-2-19-15(17)7-4-3-5-10-16-11-6-12-18-13-14-8-9-14/h14,16H,2-13H2,1H3. The summed E-state index contributed by atoms with van der Waals surface area (Å²) in [6.45, 7) is 6.24. The maximum atomic E-state index is 11.1. The molecule has 4 nitrogen and oxygen atoms in total. The Kier molecular flexibility index (Phi) is 9.72. The molecule has 0 amide bonds. The Morgan fingerprint density at radius 1 is 1.16 bits per heavy atom. The molecule has 19 heavy (non-hydrogen) atoms. The zero-order valence-corrected chi connectivity index (χ0v) is 12.3. The molecule has 1 fully saturated rings. The molecule has 0 bridgehead atoms. The minimum atomic E-state index is -0.0664. The molecular formula is C15H29NO3. The van der Waals surface area contributed by atoms with Crippen LogP contribution in [-0.4, -0.2) is 38.9 Å². The van der Waals surface area contributed by atoms with Gasteiger partial charge in [0, 0.05) is 19.6 Å². The van der Waals surface area contributed by atoms with Crippen LogP contribution < -0.4 is 5.32 Å². The van der Waals surface area contributed by atoms with E-state index < -0.39 is 0 Å². The van der Waals surface area contributed by atoms with Crippen LogP contribution in [0.5, 0.6) is 0 Å². The summed E-state index contributed by atoms with van der Waals surface area (Å²) in [6, 6.07) is 0. The van der Waals surface area contributed by atoms with Crippen molar-refractivity contribution in [3.63, 3.8) is 0 Å². The van der Waals surface area contributed by atoms with E-state index in [1.807, 2.05) is 6.92 Å². The van der Waals surface area contributed by atoms with Gasteiger partial charge in [0.1, 0.15) is 0 Å². The maximum Gasteiger partial charge on any atom is 0.305 e. The predicted octanol–water partition coefficient (Wildman–Crippen LogP) is 2.52. The molecule has 1 aliphatic carbocycles. The van der Waals surface area contributed by atoms with Crippen molar-refractivity contribution in [2.24, 2.45) is 5.92 Å². The molecule has 0 atom stereocenters. The molecule has 0 aromatic carbocycles. The van der Waals surface area contributed by atoms with Gasteiger partial charge in [0.15, 0.2) is 0 Å². The average molecular weight is 271 g/mol. The molecule has 112 valence electrons. The second kappa shape index (κ2) is 11.2. The van der Waals surface area contributed by atoms with E-state index in [-0.39, 0.29) is 5.97 Å². The Balaban J connectivity index is 1.67. The molecule has 0 saturated heterocycles. The molecular weight excluding hydrogens is 242 g/mol. The van der Waals surface area contributed by atoms with Gasteiger partial charge in [-0.15, -0.1) is 0 Å². The Morgan fingerprint density at radius 3 is 2.68 bits per heavy atom. The van der Waals surface area contributed by atoms with Gasteiger partial charge in [-0.25, -0.2) is 0 Å². The van der Waals surface area contributed by atoms with Crippen LogP contribution in [0.1, 0.15) is 51.9 Å². The summed E-state index contributed by atoms with van der Waals surface area (Å²) in [5.41, 5.74) is 0. The van der Waals surface area contributed by atoms with E-state index in [1.165, 1.54) is 12.8 Å². The van der Waals surface area contributed by atoms with Gasteiger partial charge in [-0.3, -0.25) is 4.79 Å². The third-order valence-electron chi connectivity index (χ3n) is 3.23. The highest BCUT2D eigenvalue weighted by Gasteiger charge is 2.20. The van der Waals surface area contributed by atoms with Crippen molar-refractivity contribution in [1.82, 2.24) is 5.32 Å². The van der Waals surface area contributed by atoms with E-state index >= 15 is 0 Å². The Bertz CT molecular complexity index is 229. The molecule has 0 heterocycles. The normalized spacial score (nSPS) is 14.6. The van der Waals surface area contributed by atoms with Gasteiger partial charge in [-0.1, -0.05) is 6.42 Å². The zero-order valence-electron chi connectivity index (χ0n) is 12.3. The molecule has 1 saturated carbocycles. The van der Waals surface area contributed by atoms with E-state index in [0.717, 1.165) is 57.9 Å². The van der Waals surface area contributed by atoms with Gasteiger partial charge >= 0.3 is 5.97 Å². The van der Waals surface area contributed by atoms with Crippen molar-refractivity contribution in [2.45, 2.75) is 51.9 Å². The zero-order chi connectivity index (χ0) is 13.8. The quantitative estimate of drug-likeness (QED) is 0.413. The monoisotopic (exact) mass is 271 g/mol. The summed E-state index contributed by atoms with van der Waals surface area (Å²) in [5, 5.41) is 3.41. The number of hydrogen-bond acceptors (Lipinski definition) is 4. The fourth-order valence-electron chi connectivity index (χ4n) is 1.89. The molecule has 1 N–H and O–H groups in total. The second-order valence-electron chi connectivity index (χ2n) is 5.24. The Hall–Kier alpha value is -0.610. The summed E-state index contributed by atoms with van der Waals surface area (Å²) in [4.78, 5) is 11.1. The fourth-order valence-corrected chi connectivity index (χ4v) is 1.89. The average Bonchev–Trinajstić information content (AvgIpc) is 3.20. The summed E-state index contributed by atoms with van der Waals surface area (Å²) in [6.07, 6.45) is 7.53. The van der Waals surface area contributed by atoms with Crippen molar-refractivity contribution >= 4 is 5.97 Å². The maximum absolute atomic E-state index is 11.1. The number of rotatable bonds is 13. The van der Waals surface area contributed by atoms with Crippen LogP contribution in [0.3, 0.4) is 0 Å². The van der Waals surface area contributed by atoms with E-state index in [1.54, 1.807) is 0 Å². The number of esters is 1. The number of ether oxygens (including phenoxy) is 2. The highest BCUT2D eigenvalue weighted by molar-refractivity contribution is 5.69. The van der Waals surface area contributed by atoms with E-state index in [9.17, 15) is 4.79 Å². The van der Waals surface area contributed by atoms with Gasteiger partial charge in [0.25, 0.3) is 0 Å². The largest absolute Gasteiger partial charge is 0.466 e. The van der Waals surface area contributed by atoms with Gasteiger partial charge in [0.05, 0.1) is 6.61 Å². The summed E-state index contributed by atoms with van der Waals surface area (Å²) >= 11 is 0. The van der Waals surface area contributed by atoms with Crippen LogP contribution in [0.15, 0.2) is 0 Å². The highest BCUT2D eigenvalue weighted by atomic mass is 16.5. The van der Waals surface area contributed by atoms with Gasteiger partial charge < -0.3 is 14.8 Å². The first kappa shape index (κ1) is 16.4. The minimum Gasteiger partial charge on any atom is -0.466 e. The fraction of sp³-hybridized carbons (Fsp3) is 0.933. The van der Waals surface area contributed by atoms with Crippen LogP contribution in [0.25, 0.3) is 0 Å². The Labute approximate surface area is 117 Å². The first-order valence-electron chi connectivity index (χ1n) is 7.77. The van der Waals surface area contributed by atoms with Crippen molar-refractivity contribution in [1.29, 1.82) is 0 Å². The first-order chi connectivity index (χ1) is 9.33. The molecule has 0 radical (unpaired) electrons. The Morgan fingerprint density at radius 2 is 1.95 bits per heavy atom. The number of hydrogen-bond donors (Lipinski definition) is 1. The second-order valence-corrected chi connectivity index (χ2v) is 5.24. The van der Waals surface area contributed by atoms with E-state index in [4.69, 9.17) is 9.47 Å². The number of unbranched alkanes of at least 4 members (excludes halogenated alkanes) is 2. The van der Waals surface area contributed by atoms with E-state index in [2.05, 4.69) is 5.32 Å². The molecule has 4 heteroatoms. The summed E-state index contributed by atoms with van der Waals surface area (Å²) in [7, 11) is 0. The number of carbonyl (C=O) groups is 1. The molecule has 0 aromatic heterocycles. The van der Waals surface area contributed by atoms with Crippen LogP contribution >= 0.6 is 0 Å². The van der Waals surface area contributed by atoms with Crippen LogP contribution in [0.4, 0.5) is 0 Å². The third-order valence-corrected chi connectivity index (χ3v) is 3.23. The topological polar surface area (TPSA) is 47.6 Å².